The molecule has 0 aliphatic carbocycles. The van der Waals surface area contributed by atoms with Crippen molar-refractivity contribution in [1.29, 1.82) is 0 Å². The van der Waals surface area contributed by atoms with Gasteiger partial charge < -0.3 is 50.0 Å². The van der Waals surface area contributed by atoms with Crippen molar-refractivity contribution in [3.05, 3.63) is 0 Å². The molecule has 2 fully saturated rings. The van der Waals surface area contributed by atoms with Gasteiger partial charge in [0.25, 0.3) is 0 Å². The Morgan fingerprint density at radius 2 is 1.35 bits per heavy atom. The summed E-state index contributed by atoms with van der Waals surface area (Å²) < 4.78 is 15.7. The van der Waals surface area contributed by atoms with E-state index in [0.29, 0.717) is 0 Å². The van der Waals surface area contributed by atoms with Crippen molar-refractivity contribution >= 4 is 0 Å². The molecule has 2 heterocycles. The first kappa shape index (κ1) is 21.8. The quantitative estimate of drug-likeness (QED) is 0.217. The number of methoxy groups -OCH3 is 1. The summed E-state index contributed by atoms with van der Waals surface area (Å²) in [5.41, 5.74) is 0. The molecule has 10 atom stereocenters. The van der Waals surface area contributed by atoms with Crippen LogP contribution in [0.3, 0.4) is 0 Å². The lowest BCUT2D eigenvalue weighted by Gasteiger charge is -2.46. The first-order valence-electron chi connectivity index (χ1n) is 8.10. The van der Waals surface area contributed by atoms with E-state index >= 15 is 0 Å². The number of hydrogen-bond acceptors (Lipinski definition) is 12. The first-order valence-corrected chi connectivity index (χ1v) is 8.10. The number of rotatable bonds is 6. The van der Waals surface area contributed by atoms with Crippen LogP contribution in [0.15, 0.2) is 0 Å². The summed E-state index contributed by atoms with van der Waals surface area (Å²) in [5.74, 6) is 0. The average molecular weight is 385 g/mol. The Morgan fingerprint density at radius 1 is 0.769 bits per heavy atom. The summed E-state index contributed by atoms with van der Waals surface area (Å²) >= 11 is 0. The second kappa shape index (κ2) is 9.14. The zero-order valence-electron chi connectivity index (χ0n) is 14.4. The zero-order valence-corrected chi connectivity index (χ0v) is 14.4. The summed E-state index contributed by atoms with van der Waals surface area (Å²) in [5, 5.41) is 70.0. The summed E-state index contributed by atoms with van der Waals surface area (Å²) in [6.07, 6.45) is -14.0. The molecule has 26 heavy (non-hydrogen) atoms. The van der Waals surface area contributed by atoms with Crippen molar-refractivity contribution < 1.29 is 54.8 Å². The highest BCUT2D eigenvalue weighted by atomic mass is 16.7. The van der Waals surface area contributed by atoms with Gasteiger partial charge in [-0.25, -0.2) is 0 Å². The minimum absolute atomic E-state index is 0.260. The molecular formula is C14H27NO11. The fraction of sp³-hybridized carbons (Fsp3) is 1.00. The summed E-state index contributed by atoms with van der Waals surface area (Å²) in [6, 6.07) is 0. The lowest BCUT2D eigenvalue weighted by atomic mass is 9.96. The molecule has 1 unspecified atom stereocenters. The van der Waals surface area contributed by atoms with Crippen molar-refractivity contribution in [2.75, 3.05) is 27.4 Å². The van der Waals surface area contributed by atoms with Crippen molar-refractivity contribution in [2.24, 2.45) is 0 Å². The van der Waals surface area contributed by atoms with E-state index in [1.165, 1.54) is 14.2 Å². The molecule has 7 N–H and O–H groups in total. The highest BCUT2D eigenvalue weighted by Gasteiger charge is 2.49. The van der Waals surface area contributed by atoms with E-state index in [-0.39, 0.29) is 6.54 Å². The molecule has 0 saturated carbocycles. The molecule has 0 aromatic carbocycles. The van der Waals surface area contributed by atoms with Crippen molar-refractivity contribution in [2.45, 2.75) is 61.3 Å². The smallest absolute Gasteiger partial charge is 0.186 e. The highest BCUT2D eigenvalue weighted by Crippen LogP contribution is 2.27. The standard InChI is InChI=1S/C14H27NO11/c1-23-14-12(22)10(20)7(17)5(26-14)3-15(24-2)13-11(21)9(19)8(18)6(4-16)25-13/h5-14,16-22H,3-4H2,1-2H3/t5-,6-,7-,8+,9+,10+,11-,12-,13?,14+/m1/s1. The van der Waals surface area contributed by atoms with Gasteiger partial charge in [-0.1, -0.05) is 0 Å². The Hall–Kier alpha value is -0.480. The molecule has 0 amide bonds. The SMILES string of the molecule is CO[C@H]1O[C@H](CN(OC)C2O[C@H](CO)[C@H](O)[C@H](O)[C@H]2O)[C@@H](O)[C@H](O)[C@H]1O. The van der Waals surface area contributed by atoms with Crippen LogP contribution < -0.4 is 0 Å². The largest absolute Gasteiger partial charge is 0.394 e. The number of aliphatic hydroxyl groups is 7. The molecule has 12 nitrogen and oxygen atoms in total. The third kappa shape index (κ3) is 4.16. The molecule has 2 saturated heterocycles. The number of hydrogen-bond donors (Lipinski definition) is 7. The van der Waals surface area contributed by atoms with Gasteiger partial charge in [0.1, 0.15) is 48.8 Å². The van der Waals surface area contributed by atoms with Crippen molar-refractivity contribution in [3.63, 3.8) is 0 Å². The molecule has 12 heteroatoms. The van der Waals surface area contributed by atoms with E-state index in [1.807, 2.05) is 0 Å². The highest BCUT2D eigenvalue weighted by molar-refractivity contribution is 4.93. The molecule has 0 radical (unpaired) electrons. The Balaban J connectivity index is 2.12. The maximum atomic E-state index is 10.2. The third-order valence-electron chi connectivity index (χ3n) is 4.65. The zero-order chi connectivity index (χ0) is 19.6. The van der Waals surface area contributed by atoms with Gasteiger partial charge in [-0.2, -0.15) is 5.06 Å². The fourth-order valence-corrected chi connectivity index (χ4v) is 3.04. The first-order chi connectivity index (χ1) is 12.3. The second-order valence-corrected chi connectivity index (χ2v) is 6.25. The van der Waals surface area contributed by atoms with E-state index in [2.05, 4.69) is 0 Å². The maximum Gasteiger partial charge on any atom is 0.186 e. The van der Waals surface area contributed by atoms with Gasteiger partial charge in [0.05, 0.1) is 20.3 Å². The van der Waals surface area contributed by atoms with E-state index in [4.69, 9.17) is 19.0 Å². The summed E-state index contributed by atoms with van der Waals surface area (Å²) in [4.78, 5) is 5.12. The number of ether oxygens (including phenoxy) is 3. The number of nitrogens with zero attached hydrogens (tertiary/aromatic N) is 1. The molecule has 154 valence electrons. The lowest BCUT2D eigenvalue weighted by Crippen LogP contribution is -2.65. The molecule has 0 aromatic heterocycles. The third-order valence-corrected chi connectivity index (χ3v) is 4.65. The van der Waals surface area contributed by atoms with Crippen LogP contribution in [-0.4, -0.2) is 130 Å². The van der Waals surface area contributed by atoms with E-state index in [9.17, 15) is 35.7 Å². The molecule has 2 aliphatic heterocycles. The van der Waals surface area contributed by atoms with Gasteiger partial charge >= 0.3 is 0 Å². The summed E-state index contributed by atoms with van der Waals surface area (Å²) in [6.45, 7) is -0.873. The van der Waals surface area contributed by atoms with E-state index in [0.717, 1.165) is 5.06 Å². The molecule has 2 aliphatic rings. The Kier molecular flexibility index (Phi) is 7.67. The van der Waals surface area contributed by atoms with E-state index in [1.54, 1.807) is 0 Å². The van der Waals surface area contributed by atoms with Crippen LogP contribution in [-0.2, 0) is 19.0 Å². The van der Waals surface area contributed by atoms with Crippen LogP contribution in [0.2, 0.25) is 0 Å². The number of hydroxylamine groups is 2. The van der Waals surface area contributed by atoms with Gasteiger partial charge in [-0.05, 0) is 0 Å². The van der Waals surface area contributed by atoms with Gasteiger partial charge in [0, 0.05) is 7.11 Å². The predicted octanol–water partition coefficient (Wildman–Crippen LogP) is -4.90. The Bertz CT molecular complexity index is 439. The molecule has 0 spiro atoms. The fourth-order valence-electron chi connectivity index (χ4n) is 3.04. The minimum atomic E-state index is -1.61. The lowest BCUT2D eigenvalue weighted by molar-refractivity contribution is -0.348. The number of aliphatic hydroxyl groups excluding tert-OH is 7. The van der Waals surface area contributed by atoms with E-state index < -0.39 is 68.0 Å². The Labute approximate surface area is 149 Å². The van der Waals surface area contributed by atoms with Crippen LogP contribution in [0.1, 0.15) is 0 Å². The van der Waals surface area contributed by atoms with Crippen molar-refractivity contribution in [1.82, 2.24) is 5.06 Å². The monoisotopic (exact) mass is 385 g/mol. The van der Waals surface area contributed by atoms with Crippen LogP contribution in [0.5, 0.6) is 0 Å². The summed E-state index contributed by atoms with van der Waals surface area (Å²) in [7, 11) is 2.48. The second-order valence-electron chi connectivity index (χ2n) is 6.25. The normalized spacial score (nSPS) is 47.3. The maximum absolute atomic E-state index is 10.2. The topological polar surface area (TPSA) is 182 Å². The van der Waals surface area contributed by atoms with Crippen LogP contribution in [0.25, 0.3) is 0 Å². The van der Waals surface area contributed by atoms with Crippen LogP contribution in [0, 0.1) is 0 Å². The van der Waals surface area contributed by atoms with Gasteiger partial charge in [-0.15, -0.1) is 0 Å². The van der Waals surface area contributed by atoms with Gasteiger partial charge in [0.15, 0.2) is 12.5 Å². The minimum Gasteiger partial charge on any atom is -0.394 e. The Morgan fingerprint density at radius 3 is 1.88 bits per heavy atom. The molecule has 0 bridgehead atoms. The average Bonchev–Trinajstić information content (AvgIpc) is 2.64. The van der Waals surface area contributed by atoms with Gasteiger partial charge in [-0.3, -0.25) is 4.84 Å². The molecular weight excluding hydrogens is 358 g/mol. The van der Waals surface area contributed by atoms with Crippen LogP contribution in [0.4, 0.5) is 0 Å². The van der Waals surface area contributed by atoms with Gasteiger partial charge in [0.2, 0.25) is 0 Å². The van der Waals surface area contributed by atoms with Crippen LogP contribution >= 0.6 is 0 Å². The van der Waals surface area contributed by atoms with Crippen molar-refractivity contribution in [3.8, 4) is 0 Å². The molecule has 0 aromatic rings. The molecule has 2 rings (SSSR count). The predicted molar refractivity (Wildman–Crippen MR) is 81.2 cm³/mol.